The summed E-state index contributed by atoms with van der Waals surface area (Å²) in [5, 5.41) is 2.91. The van der Waals surface area contributed by atoms with Gasteiger partial charge >= 0.3 is 0 Å². The Morgan fingerprint density at radius 2 is 2.26 bits per heavy atom. The molecule has 0 aliphatic carbocycles. The molecule has 1 atom stereocenters. The third-order valence-electron chi connectivity index (χ3n) is 3.87. The second-order valence-corrected chi connectivity index (χ2v) is 6.05. The molecule has 1 N–H and O–H groups in total. The van der Waals surface area contributed by atoms with Crippen LogP contribution in [-0.4, -0.2) is 48.6 Å². The van der Waals surface area contributed by atoms with Crippen molar-refractivity contribution in [1.82, 2.24) is 10.2 Å². The molecule has 6 nitrogen and oxygen atoms in total. The number of likely N-dealkylation sites (tertiary alicyclic amines) is 1. The molecular formula is C17H26N2O4. The number of amides is 2. The van der Waals surface area contributed by atoms with Gasteiger partial charge in [0, 0.05) is 19.7 Å². The summed E-state index contributed by atoms with van der Waals surface area (Å²) in [6, 6.07) is 2.91. The number of nitrogens with one attached hydrogen (secondary N) is 1. The van der Waals surface area contributed by atoms with Crippen molar-refractivity contribution in [2.45, 2.75) is 51.7 Å². The first-order valence-electron chi connectivity index (χ1n) is 8.33. The molecule has 1 aromatic rings. The molecule has 0 aromatic carbocycles. The van der Waals surface area contributed by atoms with Crippen LogP contribution in [0.2, 0.25) is 0 Å². The van der Waals surface area contributed by atoms with Crippen LogP contribution in [0.5, 0.6) is 0 Å². The molecule has 23 heavy (non-hydrogen) atoms. The summed E-state index contributed by atoms with van der Waals surface area (Å²) >= 11 is 0. The largest absolute Gasteiger partial charge is 0.459 e. The minimum Gasteiger partial charge on any atom is -0.459 e. The second kappa shape index (κ2) is 8.72. The maximum absolute atomic E-state index is 12.5. The Kier molecular flexibility index (Phi) is 6.65. The number of rotatable bonds is 7. The van der Waals surface area contributed by atoms with Crippen LogP contribution in [0.15, 0.2) is 22.8 Å². The Hall–Kier alpha value is -1.82. The molecule has 2 amide bonds. The van der Waals surface area contributed by atoms with Gasteiger partial charge in [-0.3, -0.25) is 9.59 Å². The van der Waals surface area contributed by atoms with Gasteiger partial charge in [-0.25, -0.2) is 0 Å². The van der Waals surface area contributed by atoms with Crippen LogP contribution < -0.4 is 5.32 Å². The lowest BCUT2D eigenvalue weighted by Crippen LogP contribution is -2.52. The summed E-state index contributed by atoms with van der Waals surface area (Å²) in [5.41, 5.74) is 0. The molecule has 0 radical (unpaired) electrons. The number of carbonyl (C=O) groups excluding carboxylic acids is 2. The molecule has 0 spiro atoms. The number of furan rings is 1. The van der Waals surface area contributed by atoms with Gasteiger partial charge in [0.2, 0.25) is 5.91 Å². The van der Waals surface area contributed by atoms with E-state index in [9.17, 15) is 9.59 Å². The first kappa shape index (κ1) is 17.5. The Morgan fingerprint density at radius 1 is 1.43 bits per heavy atom. The monoisotopic (exact) mass is 322 g/mol. The van der Waals surface area contributed by atoms with Gasteiger partial charge in [0.15, 0.2) is 5.76 Å². The van der Waals surface area contributed by atoms with E-state index in [4.69, 9.17) is 9.15 Å². The van der Waals surface area contributed by atoms with Gasteiger partial charge < -0.3 is 19.4 Å². The highest BCUT2D eigenvalue weighted by molar-refractivity contribution is 5.95. The summed E-state index contributed by atoms with van der Waals surface area (Å²) in [6.07, 6.45) is 5.00. The third kappa shape index (κ3) is 5.10. The van der Waals surface area contributed by atoms with E-state index in [1.165, 1.54) is 6.26 Å². The number of hydrogen-bond acceptors (Lipinski definition) is 4. The highest BCUT2D eigenvalue weighted by Gasteiger charge is 2.33. The minimum absolute atomic E-state index is 0.0887. The van der Waals surface area contributed by atoms with E-state index in [2.05, 4.69) is 5.32 Å². The van der Waals surface area contributed by atoms with Gasteiger partial charge in [-0.15, -0.1) is 0 Å². The first-order valence-corrected chi connectivity index (χ1v) is 8.33. The molecule has 1 aliphatic rings. The van der Waals surface area contributed by atoms with Crippen molar-refractivity contribution in [3.63, 3.8) is 0 Å². The highest BCUT2D eigenvalue weighted by Crippen LogP contribution is 2.20. The zero-order chi connectivity index (χ0) is 16.7. The number of carbonyl (C=O) groups is 2. The summed E-state index contributed by atoms with van der Waals surface area (Å²) < 4.78 is 10.6. The normalized spacial score (nSPS) is 18.2. The van der Waals surface area contributed by atoms with E-state index in [0.29, 0.717) is 26.1 Å². The van der Waals surface area contributed by atoms with Crippen molar-refractivity contribution in [3.8, 4) is 0 Å². The fourth-order valence-corrected chi connectivity index (χ4v) is 2.71. The molecule has 1 aliphatic heterocycles. The van der Waals surface area contributed by atoms with Crippen molar-refractivity contribution in [2.24, 2.45) is 0 Å². The zero-order valence-corrected chi connectivity index (χ0v) is 13.9. The molecule has 0 unspecified atom stereocenters. The number of nitrogens with zero attached hydrogens (tertiary/aromatic N) is 1. The Bertz CT molecular complexity index is 499. The van der Waals surface area contributed by atoms with E-state index < -0.39 is 6.04 Å². The number of ether oxygens (including phenoxy) is 1. The van der Waals surface area contributed by atoms with E-state index in [1.54, 1.807) is 17.0 Å². The number of piperidine rings is 1. The highest BCUT2D eigenvalue weighted by atomic mass is 16.5. The third-order valence-corrected chi connectivity index (χ3v) is 3.87. The van der Waals surface area contributed by atoms with Crippen LogP contribution in [0.3, 0.4) is 0 Å². The first-order chi connectivity index (χ1) is 11.1. The Morgan fingerprint density at radius 3 is 2.96 bits per heavy atom. The predicted octanol–water partition coefficient (Wildman–Crippen LogP) is 2.21. The lowest BCUT2D eigenvalue weighted by atomic mass is 10.0. The van der Waals surface area contributed by atoms with E-state index >= 15 is 0 Å². The fourth-order valence-electron chi connectivity index (χ4n) is 2.71. The van der Waals surface area contributed by atoms with Crippen LogP contribution in [-0.2, 0) is 9.53 Å². The van der Waals surface area contributed by atoms with Gasteiger partial charge in [0.1, 0.15) is 6.04 Å². The predicted molar refractivity (Wildman–Crippen MR) is 86.1 cm³/mol. The van der Waals surface area contributed by atoms with Crippen LogP contribution in [0.25, 0.3) is 0 Å². The molecular weight excluding hydrogens is 296 g/mol. The molecule has 2 heterocycles. The maximum Gasteiger partial charge on any atom is 0.290 e. The lowest BCUT2D eigenvalue weighted by molar-refractivity contribution is -0.126. The van der Waals surface area contributed by atoms with E-state index in [-0.39, 0.29) is 23.7 Å². The van der Waals surface area contributed by atoms with Gasteiger partial charge in [0.25, 0.3) is 5.91 Å². The fraction of sp³-hybridized carbons (Fsp3) is 0.647. The summed E-state index contributed by atoms with van der Waals surface area (Å²) in [7, 11) is 0. The summed E-state index contributed by atoms with van der Waals surface area (Å²) in [5.74, 6) is -0.0119. The van der Waals surface area contributed by atoms with Crippen molar-refractivity contribution >= 4 is 11.8 Å². The van der Waals surface area contributed by atoms with E-state index in [0.717, 1.165) is 19.3 Å². The van der Waals surface area contributed by atoms with Crippen LogP contribution >= 0.6 is 0 Å². The smallest absolute Gasteiger partial charge is 0.290 e. The molecule has 6 heteroatoms. The zero-order valence-electron chi connectivity index (χ0n) is 13.9. The Labute approximate surface area is 137 Å². The van der Waals surface area contributed by atoms with Crippen LogP contribution in [0.4, 0.5) is 0 Å². The van der Waals surface area contributed by atoms with Gasteiger partial charge in [-0.05, 0) is 51.7 Å². The minimum atomic E-state index is -0.410. The van der Waals surface area contributed by atoms with Gasteiger partial charge in [-0.2, -0.15) is 0 Å². The average Bonchev–Trinajstić information content (AvgIpc) is 3.08. The number of hydrogen-bond donors (Lipinski definition) is 1. The standard InChI is InChI=1S/C17H26N2O4/c1-13(2)22-12-6-9-18-16(20)14-7-3-4-10-19(14)17(21)15-8-5-11-23-15/h5,8,11,13-14H,3-4,6-7,9-10,12H2,1-2H3,(H,18,20)/t14-/m1/s1. The van der Waals surface area contributed by atoms with Crippen LogP contribution in [0.1, 0.15) is 50.1 Å². The van der Waals surface area contributed by atoms with Crippen LogP contribution in [0, 0.1) is 0 Å². The van der Waals surface area contributed by atoms with Crippen molar-refractivity contribution in [1.29, 1.82) is 0 Å². The average molecular weight is 322 g/mol. The van der Waals surface area contributed by atoms with Gasteiger partial charge in [0.05, 0.1) is 12.4 Å². The molecule has 0 bridgehead atoms. The second-order valence-electron chi connectivity index (χ2n) is 6.05. The Balaban J connectivity index is 1.85. The van der Waals surface area contributed by atoms with Crippen molar-refractivity contribution in [3.05, 3.63) is 24.2 Å². The molecule has 0 saturated carbocycles. The molecule has 128 valence electrons. The maximum atomic E-state index is 12.5. The summed E-state index contributed by atoms with van der Waals surface area (Å²) in [4.78, 5) is 26.5. The molecule has 1 saturated heterocycles. The van der Waals surface area contributed by atoms with E-state index in [1.807, 2.05) is 13.8 Å². The lowest BCUT2D eigenvalue weighted by Gasteiger charge is -2.34. The topological polar surface area (TPSA) is 71.8 Å². The summed E-state index contributed by atoms with van der Waals surface area (Å²) in [6.45, 7) is 5.74. The van der Waals surface area contributed by atoms with Gasteiger partial charge in [-0.1, -0.05) is 0 Å². The molecule has 1 fully saturated rings. The van der Waals surface area contributed by atoms with Crippen molar-refractivity contribution < 1.29 is 18.7 Å². The SMILES string of the molecule is CC(C)OCCCNC(=O)[C@H]1CCCCN1C(=O)c1ccco1. The quantitative estimate of drug-likeness (QED) is 0.781. The van der Waals surface area contributed by atoms with Crippen molar-refractivity contribution in [2.75, 3.05) is 19.7 Å². The molecule has 2 rings (SSSR count). The molecule has 1 aromatic heterocycles.